The molecule has 0 amide bonds. The molecule has 0 saturated carbocycles. The van der Waals surface area contributed by atoms with Gasteiger partial charge in [-0.25, -0.2) is 0 Å². The highest BCUT2D eigenvalue weighted by Crippen LogP contribution is 2.18. The highest BCUT2D eigenvalue weighted by Gasteiger charge is 2.36. The average molecular weight is 373 g/mol. The lowest BCUT2D eigenvalue weighted by Crippen LogP contribution is -2.42. The molecule has 0 unspecified atom stereocenters. The molecule has 0 radical (unpaired) electrons. The molecular weight excluding hydrogens is 328 g/mol. The Morgan fingerprint density at radius 2 is 0.960 bits per heavy atom. The molecule has 3 nitrogen and oxygen atoms in total. The lowest BCUT2D eigenvalue weighted by Gasteiger charge is -2.24. The van der Waals surface area contributed by atoms with E-state index in [9.17, 15) is 0 Å². The highest BCUT2D eigenvalue weighted by molar-refractivity contribution is 6.60. The zero-order valence-electron chi connectivity index (χ0n) is 17.5. The summed E-state index contributed by atoms with van der Waals surface area (Å²) in [6, 6.07) is 0.928. The number of hydrogen-bond donors (Lipinski definition) is 0. The first-order valence-corrected chi connectivity index (χ1v) is 12.5. The van der Waals surface area contributed by atoms with E-state index in [-0.39, 0.29) is 0 Å². The van der Waals surface area contributed by atoms with Crippen molar-refractivity contribution in [1.29, 1.82) is 0 Å². The third kappa shape index (κ3) is 14.7. The van der Waals surface area contributed by atoms with Crippen LogP contribution in [0.3, 0.4) is 0 Å². The lowest BCUT2D eigenvalue weighted by molar-refractivity contribution is 0.122. The Balaban J connectivity index is 3.32. The second-order valence-electron chi connectivity index (χ2n) is 6.98. The molecule has 0 aliphatic heterocycles. The summed E-state index contributed by atoms with van der Waals surface area (Å²) in [6.45, 7) is 2.28. The average Bonchev–Trinajstić information content (AvgIpc) is 2.65. The van der Waals surface area contributed by atoms with E-state index in [1.54, 1.807) is 21.3 Å². The molecule has 0 saturated heterocycles. The summed E-state index contributed by atoms with van der Waals surface area (Å²) in [5, 5.41) is 0. The van der Waals surface area contributed by atoms with Crippen LogP contribution in [-0.2, 0) is 13.3 Å². The van der Waals surface area contributed by atoms with Crippen molar-refractivity contribution in [1.82, 2.24) is 0 Å². The van der Waals surface area contributed by atoms with E-state index in [1.165, 1.54) is 83.5 Å². The first-order chi connectivity index (χ1) is 12.2. The molecule has 0 N–H and O–H groups in total. The Kier molecular flexibility index (Phi) is 18.5. The van der Waals surface area contributed by atoms with Crippen LogP contribution in [0.1, 0.15) is 96.8 Å². The molecule has 0 aromatic rings. The molecule has 0 atom stereocenters. The molecule has 0 aliphatic carbocycles. The van der Waals surface area contributed by atoms with Gasteiger partial charge in [0.05, 0.1) is 0 Å². The fourth-order valence-corrected chi connectivity index (χ4v) is 4.94. The largest absolute Gasteiger partial charge is 0.500 e. The highest BCUT2D eigenvalue weighted by atomic mass is 28.4. The molecule has 0 aliphatic rings. The maximum Gasteiger partial charge on any atom is 0.500 e. The predicted molar refractivity (Wildman–Crippen MR) is 111 cm³/mol. The van der Waals surface area contributed by atoms with Gasteiger partial charge in [0.2, 0.25) is 0 Å². The van der Waals surface area contributed by atoms with Gasteiger partial charge in [0, 0.05) is 27.4 Å². The summed E-state index contributed by atoms with van der Waals surface area (Å²) in [6.07, 6.45) is 23.4. The minimum absolute atomic E-state index is 0.928. The van der Waals surface area contributed by atoms with Gasteiger partial charge in [-0.1, -0.05) is 76.9 Å². The van der Waals surface area contributed by atoms with Crippen LogP contribution in [0.25, 0.3) is 0 Å². The Hall–Kier alpha value is -0.163. The van der Waals surface area contributed by atoms with Gasteiger partial charge in [-0.05, 0) is 32.1 Å². The Morgan fingerprint density at radius 3 is 1.40 bits per heavy atom. The summed E-state index contributed by atoms with van der Waals surface area (Å²) >= 11 is 0. The van der Waals surface area contributed by atoms with Gasteiger partial charge in [0.1, 0.15) is 0 Å². The van der Waals surface area contributed by atoms with Gasteiger partial charge < -0.3 is 13.3 Å². The topological polar surface area (TPSA) is 27.7 Å². The Morgan fingerprint density at radius 1 is 0.560 bits per heavy atom. The van der Waals surface area contributed by atoms with Crippen molar-refractivity contribution in [2.75, 3.05) is 21.3 Å². The van der Waals surface area contributed by atoms with Crippen LogP contribution in [0, 0.1) is 0 Å². The minimum Gasteiger partial charge on any atom is -0.377 e. The monoisotopic (exact) mass is 372 g/mol. The van der Waals surface area contributed by atoms with Gasteiger partial charge in [-0.3, -0.25) is 0 Å². The van der Waals surface area contributed by atoms with Crippen LogP contribution in [0.15, 0.2) is 12.2 Å². The van der Waals surface area contributed by atoms with Crippen LogP contribution in [0.2, 0.25) is 6.04 Å². The van der Waals surface area contributed by atoms with Gasteiger partial charge >= 0.3 is 8.80 Å². The van der Waals surface area contributed by atoms with E-state index in [1.807, 2.05) is 0 Å². The number of rotatable bonds is 19. The second-order valence-corrected chi connectivity index (χ2v) is 10.1. The molecule has 0 fully saturated rings. The molecule has 0 aromatic carbocycles. The zero-order chi connectivity index (χ0) is 18.6. The van der Waals surface area contributed by atoms with Crippen molar-refractivity contribution < 1.29 is 13.3 Å². The molecule has 0 aromatic heterocycles. The summed E-state index contributed by atoms with van der Waals surface area (Å²) in [4.78, 5) is 0. The van der Waals surface area contributed by atoms with Crippen LogP contribution in [0.4, 0.5) is 0 Å². The summed E-state index contributed by atoms with van der Waals surface area (Å²) in [5.74, 6) is 0. The summed E-state index contributed by atoms with van der Waals surface area (Å²) in [7, 11) is 2.75. The van der Waals surface area contributed by atoms with Crippen LogP contribution >= 0.6 is 0 Å². The Labute approximate surface area is 158 Å². The first-order valence-electron chi connectivity index (χ1n) is 10.5. The van der Waals surface area contributed by atoms with Crippen molar-refractivity contribution in [3.05, 3.63) is 12.2 Å². The quantitative estimate of drug-likeness (QED) is 0.140. The Bertz CT molecular complexity index is 283. The van der Waals surface area contributed by atoms with Crippen LogP contribution in [0.5, 0.6) is 0 Å². The lowest BCUT2D eigenvalue weighted by atomic mass is 10.1. The molecule has 4 heteroatoms. The summed E-state index contributed by atoms with van der Waals surface area (Å²) < 4.78 is 16.3. The second kappa shape index (κ2) is 18.6. The van der Waals surface area contributed by atoms with E-state index >= 15 is 0 Å². The van der Waals surface area contributed by atoms with E-state index in [2.05, 4.69) is 19.1 Å². The molecule has 0 heterocycles. The minimum atomic E-state index is -2.33. The predicted octanol–water partition coefficient (Wildman–Crippen LogP) is 6.90. The van der Waals surface area contributed by atoms with Gasteiger partial charge in [0.25, 0.3) is 0 Å². The van der Waals surface area contributed by atoms with Crippen molar-refractivity contribution >= 4 is 8.80 Å². The van der Waals surface area contributed by atoms with Crippen molar-refractivity contribution in [2.24, 2.45) is 0 Å². The summed E-state index contributed by atoms with van der Waals surface area (Å²) in [5.41, 5.74) is 0. The first kappa shape index (κ1) is 24.8. The van der Waals surface area contributed by atoms with Gasteiger partial charge in [-0.2, -0.15) is 0 Å². The van der Waals surface area contributed by atoms with E-state index in [0.29, 0.717) is 0 Å². The van der Waals surface area contributed by atoms with E-state index in [0.717, 1.165) is 12.5 Å². The number of hydrogen-bond acceptors (Lipinski definition) is 3. The van der Waals surface area contributed by atoms with Crippen LogP contribution in [-0.4, -0.2) is 30.1 Å². The van der Waals surface area contributed by atoms with Gasteiger partial charge in [-0.15, -0.1) is 0 Å². The maximum atomic E-state index is 5.45. The van der Waals surface area contributed by atoms with Gasteiger partial charge in [0.15, 0.2) is 0 Å². The molecular formula is C21H44O3Si. The van der Waals surface area contributed by atoms with Crippen molar-refractivity contribution in [2.45, 2.75) is 103 Å². The van der Waals surface area contributed by atoms with E-state index < -0.39 is 8.80 Å². The van der Waals surface area contributed by atoms with Crippen LogP contribution < -0.4 is 0 Å². The number of unbranched alkanes of at least 4 members (excludes halogenated alkanes) is 12. The number of allylic oxidation sites excluding steroid dienone is 2. The zero-order valence-corrected chi connectivity index (χ0v) is 18.5. The van der Waals surface area contributed by atoms with Crippen molar-refractivity contribution in [3.63, 3.8) is 0 Å². The van der Waals surface area contributed by atoms with E-state index in [4.69, 9.17) is 13.3 Å². The third-order valence-electron chi connectivity index (χ3n) is 4.93. The fraction of sp³-hybridized carbons (Fsp3) is 0.905. The molecule has 25 heavy (non-hydrogen) atoms. The normalized spacial score (nSPS) is 12.3. The van der Waals surface area contributed by atoms with Crippen molar-refractivity contribution in [3.8, 4) is 0 Å². The smallest absolute Gasteiger partial charge is 0.377 e. The SMILES string of the molecule is CCCCCCCCC=CCCCCCCCC[Si](OC)(OC)OC. The third-order valence-corrected chi connectivity index (χ3v) is 7.76. The maximum absolute atomic E-state index is 5.45. The molecule has 0 rings (SSSR count). The fourth-order valence-electron chi connectivity index (χ4n) is 3.15. The molecule has 150 valence electrons. The standard InChI is InChI=1S/C21H44O3Si/c1-5-6-7-8-9-10-11-12-13-14-15-16-17-18-19-20-21-25(22-2,23-3)24-4/h12-13H,5-11,14-21H2,1-4H3. The molecule has 0 spiro atoms. The molecule has 0 bridgehead atoms.